The molecule has 7 heteroatoms. The van der Waals surface area contributed by atoms with Gasteiger partial charge in [-0.3, -0.25) is 0 Å². The van der Waals surface area contributed by atoms with E-state index in [1.165, 1.54) is 0 Å². The molecule has 0 amide bonds. The van der Waals surface area contributed by atoms with Gasteiger partial charge >= 0.3 is 0 Å². The van der Waals surface area contributed by atoms with E-state index >= 15 is 0 Å². The number of nitrogens with one attached hydrogen (secondary N) is 2. The lowest BCUT2D eigenvalue weighted by Crippen LogP contribution is -2.10. The fourth-order valence-electron chi connectivity index (χ4n) is 2.54. The molecule has 0 atom stereocenters. The molecule has 2 rings (SSSR count). The third-order valence-electron chi connectivity index (χ3n) is 3.72. The van der Waals surface area contributed by atoms with Crippen molar-refractivity contribution in [1.82, 2.24) is 4.98 Å². The largest absolute Gasteiger partial charge is 0.396 e. The Hall–Kier alpha value is -2.71. The molecule has 1 aromatic carbocycles. The summed E-state index contributed by atoms with van der Waals surface area (Å²) in [4.78, 5) is 2.85. The van der Waals surface area contributed by atoms with Gasteiger partial charge in [0.2, 0.25) is 0 Å². The number of hydrogen-bond acceptors (Lipinski definition) is 6. The highest BCUT2D eigenvalue weighted by atomic mass is 32.1. The van der Waals surface area contributed by atoms with Crippen LogP contribution < -0.4 is 5.32 Å². The topological polar surface area (TPSA) is 116 Å². The Kier molecular flexibility index (Phi) is 6.67. The molecule has 0 aliphatic carbocycles. The third-order valence-corrected chi connectivity index (χ3v) is 4.03. The van der Waals surface area contributed by atoms with Gasteiger partial charge in [0.15, 0.2) is 0 Å². The quantitative estimate of drug-likeness (QED) is 0.568. The average molecular weight is 354 g/mol. The second-order valence-corrected chi connectivity index (χ2v) is 5.76. The normalized spacial score (nSPS) is 10.1. The number of H-pyrrole nitrogens is 1. The maximum atomic E-state index is 9.60. The SMILES string of the molecule is N#Cc1c(NCCO)[nH]c(=S)c(C#N)c1-c1ccc(CCCO)cc1. The first-order chi connectivity index (χ1) is 12.2. The standard InChI is InChI=1S/C18H18N4O2S/c19-10-14-16(13-5-3-12(4-6-13)2-1-8-23)15(11-20)18(25)22-17(14)21-7-9-24/h3-6,23-24H,1-2,7-9H2,(H2,21,22,25). The number of aromatic amines is 1. The third kappa shape index (κ3) is 4.23. The predicted octanol–water partition coefficient (Wildman–Crippen LogP) is 2.48. The molecule has 0 radical (unpaired) electrons. The molecular weight excluding hydrogens is 336 g/mol. The second-order valence-electron chi connectivity index (χ2n) is 5.35. The van der Waals surface area contributed by atoms with Crippen molar-refractivity contribution in [2.45, 2.75) is 12.8 Å². The van der Waals surface area contributed by atoms with Gasteiger partial charge in [-0.1, -0.05) is 36.5 Å². The molecule has 0 unspecified atom stereocenters. The number of nitrogens with zero attached hydrogens (tertiary/aromatic N) is 2. The van der Waals surface area contributed by atoms with Crippen LogP contribution in [0.15, 0.2) is 24.3 Å². The molecule has 1 heterocycles. The Labute approximate surface area is 151 Å². The molecule has 0 bridgehead atoms. The van der Waals surface area contributed by atoms with Crippen LogP contribution in [0.3, 0.4) is 0 Å². The molecule has 0 aliphatic rings. The number of aromatic nitrogens is 1. The van der Waals surface area contributed by atoms with E-state index in [-0.39, 0.29) is 35.5 Å². The molecule has 0 saturated heterocycles. The van der Waals surface area contributed by atoms with Crippen molar-refractivity contribution in [2.75, 3.05) is 25.1 Å². The van der Waals surface area contributed by atoms with Crippen LogP contribution in [0.5, 0.6) is 0 Å². The van der Waals surface area contributed by atoms with Gasteiger partial charge in [0, 0.05) is 18.7 Å². The lowest BCUT2D eigenvalue weighted by atomic mass is 9.95. The number of hydrogen-bond donors (Lipinski definition) is 4. The number of rotatable bonds is 7. The van der Waals surface area contributed by atoms with Gasteiger partial charge in [-0.2, -0.15) is 10.5 Å². The summed E-state index contributed by atoms with van der Waals surface area (Å²) in [5.74, 6) is 0.389. The lowest BCUT2D eigenvalue weighted by Gasteiger charge is -2.13. The van der Waals surface area contributed by atoms with Crippen LogP contribution >= 0.6 is 12.2 Å². The minimum atomic E-state index is -0.0969. The minimum absolute atomic E-state index is 0.0969. The van der Waals surface area contributed by atoms with Crippen molar-refractivity contribution in [3.63, 3.8) is 0 Å². The molecule has 4 N–H and O–H groups in total. The summed E-state index contributed by atoms with van der Waals surface area (Å²) in [5, 5.41) is 39.9. The summed E-state index contributed by atoms with van der Waals surface area (Å²) >= 11 is 5.25. The monoisotopic (exact) mass is 354 g/mol. The highest BCUT2D eigenvalue weighted by Gasteiger charge is 2.17. The van der Waals surface area contributed by atoms with E-state index < -0.39 is 0 Å². The first-order valence-corrected chi connectivity index (χ1v) is 8.22. The Balaban J connectivity index is 2.58. The summed E-state index contributed by atoms with van der Waals surface area (Å²) in [6.07, 6.45) is 1.43. The van der Waals surface area contributed by atoms with E-state index in [1.807, 2.05) is 24.3 Å². The van der Waals surface area contributed by atoms with Crippen molar-refractivity contribution in [2.24, 2.45) is 0 Å². The molecular formula is C18H18N4O2S. The maximum Gasteiger partial charge on any atom is 0.123 e. The Morgan fingerprint density at radius 1 is 1.04 bits per heavy atom. The molecule has 6 nitrogen and oxygen atoms in total. The second kappa shape index (κ2) is 8.95. The highest BCUT2D eigenvalue weighted by molar-refractivity contribution is 7.71. The Morgan fingerprint density at radius 3 is 2.28 bits per heavy atom. The van der Waals surface area contributed by atoms with Gasteiger partial charge in [0.05, 0.1) is 12.2 Å². The van der Waals surface area contributed by atoms with E-state index in [0.29, 0.717) is 23.4 Å². The molecule has 0 saturated carbocycles. The minimum Gasteiger partial charge on any atom is -0.396 e. The van der Waals surface area contributed by atoms with Gasteiger partial charge in [0.1, 0.15) is 28.2 Å². The molecule has 0 spiro atoms. The number of aliphatic hydroxyl groups is 2. The number of nitriles is 2. The van der Waals surface area contributed by atoms with E-state index in [1.54, 1.807) is 0 Å². The molecule has 2 aromatic rings. The van der Waals surface area contributed by atoms with E-state index in [9.17, 15) is 10.5 Å². The van der Waals surface area contributed by atoms with Crippen LogP contribution in [0, 0.1) is 27.3 Å². The predicted molar refractivity (Wildman–Crippen MR) is 97.5 cm³/mol. The molecule has 0 aliphatic heterocycles. The van der Waals surface area contributed by atoms with E-state index in [0.717, 1.165) is 12.0 Å². The van der Waals surface area contributed by atoms with Crippen LogP contribution in [-0.2, 0) is 6.42 Å². The summed E-state index contributed by atoms with van der Waals surface area (Å²) < 4.78 is 0.237. The van der Waals surface area contributed by atoms with Crippen LogP contribution in [-0.4, -0.2) is 35.0 Å². The van der Waals surface area contributed by atoms with Crippen LogP contribution in [0.4, 0.5) is 5.82 Å². The molecule has 25 heavy (non-hydrogen) atoms. The van der Waals surface area contributed by atoms with Gasteiger partial charge in [-0.05, 0) is 24.0 Å². The Morgan fingerprint density at radius 2 is 1.72 bits per heavy atom. The van der Waals surface area contributed by atoms with Crippen molar-refractivity contribution in [1.29, 1.82) is 10.5 Å². The maximum absolute atomic E-state index is 9.60. The molecule has 128 valence electrons. The number of aliphatic hydroxyl groups excluding tert-OH is 2. The number of benzene rings is 1. The molecule has 0 fully saturated rings. The summed E-state index contributed by atoms with van der Waals surface area (Å²) in [6, 6.07) is 11.7. The van der Waals surface area contributed by atoms with E-state index in [4.69, 9.17) is 22.4 Å². The van der Waals surface area contributed by atoms with Gasteiger partial charge < -0.3 is 20.5 Å². The van der Waals surface area contributed by atoms with Crippen molar-refractivity contribution < 1.29 is 10.2 Å². The van der Waals surface area contributed by atoms with Crippen LogP contribution in [0.25, 0.3) is 11.1 Å². The van der Waals surface area contributed by atoms with Gasteiger partial charge in [-0.25, -0.2) is 0 Å². The van der Waals surface area contributed by atoms with Gasteiger partial charge in [-0.15, -0.1) is 0 Å². The number of aryl methyl sites for hydroxylation is 1. The zero-order valence-corrected chi connectivity index (χ0v) is 14.4. The summed E-state index contributed by atoms with van der Waals surface area (Å²) in [6.45, 7) is 0.290. The first kappa shape index (κ1) is 18.6. The highest BCUT2D eigenvalue weighted by Crippen LogP contribution is 2.31. The number of anilines is 1. The molecule has 1 aromatic heterocycles. The number of pyridine rings is 1. The van der Waals surface area contributed by atoms with Crippen molar-refractivity contribution >= 4 is 18.0 Å². The van der Waals surface area contributed by atoms with Crippen LogP contribution in [0.1, 0.15) is 23.1 Å². The average Bonchev–Trinajstić information content (AvgIpc) is 2.64. The van der Waals surface area contributed by atoms with Crippen LogP contribution in [0.2, 0.25) is 0 Å². The zero-order chi connectivity index (χ0) is 18.2. The fraction of sp³-hybridized carbons (Fsp3) is 0.278. The summed E-state index contributed by atoms with van der Waals surface area (Å²) in [5.41, 5.74) is 2.77. The first-order valence-electron chi connectivity index (χ1n) is 7.81. The lowest BCUT2D eigenvalue weighted by molar-refractivity contribution is 0.288. The van der Waals surface area contributed by atoms with E-state index in [2.05, 4.69) is 22.4 Å². The fourth-order valence-corrected chi connectivity index (χ4v) is 2.79. The Bertz CT molecular complexity index is 876. The van der Waals surface area contributed by atoms with Crippen molar-refractivity contribution in [3.05, 3.63) is 45.6 Å². The zero-order valence-electron chi connectivity index (χ0n) is 13.5. The van der Waals surface area contributed by atoms with Crippen molar-refractivity contribution in [3.8, 4) is 23.3 Å². The smallest absolute Gasteiger partial charge is 0.123 e. The summed E-state index contributed by atoms with van der Waals surface area (Å²) in [7, 11) is 0. The van der Waals surface area contributed by atoms with Gasteiger partial charge in [0.25, 0.3) is 0 Å².